The van der Waals surface area contributed by atoms with Crippen molar-refractivity contribution in [1.29, 1.82) is 0 Å². The van der Waals surface area contributed by atoms with Gasteiger partial charge in [-0.05, 0) is 59.4 Å². The van der Waals surface area contributed by atoms with Crippen LogP contribution in [0.15, 0.2) is 59.5 Å². The van der Waals surface area contributed by atoms with Crippen molar-refractivity contribution in [3.63, 3.8) is 0 Å². The molecule has 6 heteroatoms. The lowest BCUT2D eigenvalue weighted by Gasteiger charge is -2.11. The molecule has 2 aromatic carbocycles. The van der Waals surface area contributed by atoms with E-state index < -0.39 is 21.7 Å². The zero-order valence-electron chi connectivity index (χ0n) is 14.7. The molecular weight excluding hydrogens is 370 g/mol. The fraction of sp³-hybridized carbons (Fsp3) is 0.238. The number of benzene rings is 2. The molecule has 1 fully saturated rings. The predicted molar refractivity (Wildman–Crippen MR) is 100 cm³/mol. The Morgan fingerprint density at radius 1 is 1.00 bits per heavy atom. The lowest BCUT2D eigenvalue weighted by molar-refractivity contribution is 0.386. The Bertz CT molecular complexity index is 1060. The molecule has 140 valence electrons. The number of methoxy groups -OCH3 is 1. The zero-order chi connectivity index (χ0) is 19.2. The fourth-order valence-electron chi connectivity index (χ4n) is 3.42. The smallest absolute Gasteiger partial charge is 0.207 e. The van der Waals surface area contributed by atoms with E-state index in [1.807, 2.05) is 6.07 Å². The number of rotatable bonds is 5. The number of sulfone groups is 1. The largest absolute Gasteiger partial charge is 0.494 e. The van der Waals surface area contributed by atoms with Crippen molar-refractivity contribution in [1.82, 2.24) is 0 Å². The minimum Gasteiger partial charge on any atom is -0.494 e. The van der Waals surface area contributed by atoms with E-state index in [-0.39, 0.29) is 16.1 Å². The van der Waals surface area contributed by atoms with Gasteiger partial charge in [-0.2, -0.15) is 0 Å². The maximum Gasteiger partial charge on any atom is 0.207 e. The highest BCUT2D eigenvalue weighted by Crippen LogP contribution is 2.57. The molecule has 0 aromatic heterocycles. The molecule has 1 spiro atoms. The lowest BCUT2D eigenvalue weighted by Crippen LogP contribution is -2.02. The molecular formula is C21H18F2O3S. The Morgan fingerprint density at radius 3 is 2.11 bits per heavy atom. The number of hydrogen-bond donors (Lipinski definition) is 0. The quantitative estimate of drug-likeness (QED) is 0.739. The number of halogens is 2. The number of alkyl halides is 1. The number of ether oxygens (including phenoxy) is 1. The molecule has 3 nitrogen and oxygen atoms in total. The van der Waals surface area contributed by atoms with Gasteiger partial charge in [-0.25, -0.2) is 17.2 Å². The number of hydrogen-bond acceptors (Lipinski definition) is 3. The monoisotopic (exact) mass is 388 g/mol. The first-order valence-electron chi connectivity index (χ1n) is 8.57. The molecule has 2 aromatic rings. The second-order valence-electron chi connectivity index (χ2n) is 6.95. The van der Waals surface area contributed by atoms with Crippen molar-refractivity contribution in [2.45, 2.75) is 17.7 Å². The molecule has 0 N–H and O–H groups in total. The Hall–Kier alpha value is -2.47. The summed E-state index contributed by atoms with van der Waals surface area (Å²) in [6, 6.07) is 9.59. The van der Waals surface area contributed by atoms with Crippen molar-refractivity contribution >= 4 is 21.0 Å². The summed E-state index contributed by atoms with van der Waals surface area (Å²) in [5.74, 6) is -0.249. The highest BCUT2D eigenvalue weighted by atomic mass is 32.2. The van der Waals surface area contributed by atoms with Crippen LogP contribution >= 0.6 is 0 Å². The minimum atomic E-state index is -3.89. The van der Waals surface area contributed by atoms with Gasteiger partial charge in [-0.3, -0.25) is 0 Å². The summed E-state index contributed by atoms with van der Waals surface area (Å²) in [6.45, 7) is 0. The van der Waals surface area contributed by atoms with Crippen LogP contribution in [0.2, 0.25) is 0 Å². The first-order valence-corrected chi connectivity index (χ1v) is 10.2. The first-order chi connectivity index (χ1) is 12.9. The van der Waals surface area contributed by atoms with Crippen LogP contribution in [-0.4, -0.2) is 21.5 Å². The van der Waals surface area contributed by atoms with Crippen molar-refractivity contribution in [2.75, 3.05) is 13.1 Å². The average Bonchev–Trinajstić information content (AvgIpc) is 3.32. The molecule has 0 atom stereocenters. The topological polar surface area (TPSA) is 43.4 Å². The van der Waals surface area contributed by atoms with Gasteiger partial charge >= 0.3 is 0 Å². The van der Waals surface area contributed by atoms with Gasteiger partial charge in [0.2, 0.25) is 9.84 Å². The van der Waals surface area contributed by atoms with Crippen molar-refractivity contribution < 1.29 is 21.9 Å². The summed E-state index contributed by atoms with van der Waals surface area (Å²) in [7, 11) is -2.47. The molecule has 0 bridgehead atoms. The lowest BCUT2D eigenvalue weighted by atomic mass is 9.95. The Labute approximate surface area is 156 Å². The molecule has 0 aliphatic heterocycles. The van der Waals surface area contributed by atoms with Crippen molar-refractivity contribution in [2.24, 2.45) is 5.41 Å². The molecule has 0 heterocycles. The first kappa shape index (κ1) is 17.9. The molecule has 2 aliphatic carbocycles. The summed E-state index contributed by atoms with van der Waals surface area (Å²) in [5, 5.41) is 0. The number of allylic oxidation sites excluding steroid dienone is 4. The predicted octanol–water partition coefficient (Wildman–Crippen LogP) is 4.80. The van der Waals surface area contributed by atoms with Crippen LogP contribution in [0.5, 0.6) is 5.75 Å². The maximum atomic E-state index is 14.2. The van der Waals surface area contributed by atoms with Crippen LogP contribution in [0.3, 0.4) is 0 Å². The highest BCUT2D eigenvalue weighted by molar-refractivity contribution is 7.91. The normalized spacial score (nSPS) is 17.6. The van der Waals surface area contributed by atoms with Crippen LogP contribution in [0.25, 0.3) is 11.1 Å². The summed E-state index contributed by atoms with van der Waals surface area (Å²) >= 11 is 0. The van der Waals surface area contributed by atoms with Crippen LogP contribution in [0, 0.1) is 11.2 Å². The van der Waals surface area contributed by atoms with Gasteiger partial charge < -0.3 is 4.74 Å². The van der Waals surface area contributed by atoms with E-state index in [0.29, 0.717) is 0 Å². The molecule has 0 unspecified atom stereocenters. The van der Waals surface area contributed by atoms with Gasteiger partial charge in [-0.1, -0.05) is 30.4 Å². The Balaban J connectivity index is 1.74. The molecule has 0 saturated heterocycles. The highest BCUT2D eigenvalue weighted by Gasteiger charge is 2.43. The zero-order valence-corrected chi connectivity index (χ0v) is 15.5. The SMILES string of the molecule is COc1ccc(C2=CC3(C=C2c2ccc(S(=O)(=O)CF)cc2)CC3)cc1F. The second-order valence-corrected chi connectivity index (χ2v) is 8.87. The fourth-order valence-corrected chi connectivity index (χ4v) is 4.10. The van der Waals surface area contributed by atoms with Gasteiger partial charge in [0, 0.05) is 5.41 Å². The summed E-state index contributed by atoms with van der Waals surface area (Å²) in [6.07, 6.45) is 6.37. The van der Waals surface area contributed by atoms with Gasteiger partial charge in [-0.15, -0.1) is 0 Å². The Morgan fingerprint density at radius 2 is 1.59 bits per heavy atom. The van der Waals surface area contributed by atoms with E-state index in [2.05, 4.69) is 12.2 Å². The van der Waals surface area contributed by atoms with E-state index in [0.717, 1.165) is 35.1 Å². The third-order valence-electron chi connectivity index (χ3n) is 5.11. The van der Waals surface area contributed by atoms with E-state index in [9.17, 15) is 17.2 Å². The van der Waals surface area contributed by atoms with Gasteiger partial charge in [0.25, 0.3) is 0 Å². The second kappa shape index (κ2) is 6.30. The van der Waals surface area contributed by atoms with E-state index in [4.69, 9.17) is 4.74 Å². The van der Waals surface area contributed by atoms with Crippen LogP contribution in [0.1, 0.15) is 24.0 Å². The standard InChI is InChI=1S/C21H18F2O3S/c1-26-20-7-4-15(10-19(20)23)18-12-21(8-9-21)11-17(18)14-2-5-16(6-3-14)27(24,25)13-22/h2-7,10-12H,8-9,13H2,1H3. The summed E-state index contributed by atoms with van der Waals surface area (Å²) < 4.78 is 55.2. The molecule has 0 radical (unpaired) electrons. The van der Waals surface area contributed by atoms with E-state index in [1.165, 1.54) is 25.3 Å². The maximum absolute atomic E-state index is 14.2. The minimum absolute atomic E-state index is 0.00472. The van der Waals surface area contributed by atoms with Crippen LogP contribution in [-0.2, 0) is 9.84 Å². The van der Waals surface area contributed by atoms with E-state index in [1.54, 1.807) is 18.2 Å². The molecule has 2 aliphatic rings. The molecule has 0 amide bonds. The average molecular weight is 388 g/mol. The van der Waals surface area contributed by atoms with Crippen LogP contribution in [0.4, 0.5) is 8.78 Å². The van der Waals surface area contributed by atoms with Gasteiger partial charge in [0.05, 0.1) is 12.0 Å². The van der Waals surface area contributed by atoms with Gasteiger partial charge in [0.1, 0.15) is 0 Å². The molecule has 4 rings (SSSR count). The third-order valence-corrected chi connectivity index (χ3v) is 6.39. The summed E-state index contributed by atoms with van der Waals surface area (Å²) in [5.41, 5.74) is 3.41. The van der Waals surface area contributed by atoms with Gasteiger partial charge in [0.15, 0.2) is 17.6 Å². The summed E-state index contributed by atoms with van der Waals surface area (Å²) in [4.78, 5) is -0.0468. The van der Waals surface area contributed by atoms with E-state index >= 15 is 0 Å². The van der Waals surface area contributed by atoms with Crippen LogP contribution < -0.4 is 4.74 Å². The third kappa shape index (κ3) is 3.18. The van der Waals surface area contributed by atoms with Crippen molar-refractivity contribution in [3.8, 4) is 5.75 Å². The van der Waals surface area contributed by atoms with Crippen molar-refractivity contribution in [3.05, 3.63) is 71.6 Å². The Kier molecular flexibility index (Phi) is 4.18. The molecule has 1 saturated carbocycles. The molecule has 27 heavy (non-hydrogen) atoms.